The minimum Gasteiger partial charge on any atom is -0.173 e. The van der Waals surface area contributed by atoms with Crippen LogP contribution in [0.15, 0.2) is 28.7 Å². The van der Waals surface area contributed by atoms with Gasteiger partial charge in [0.15, 0.2) is 0 Å². The van der Waals surface area contributed by atoms with E-state index in [9.17, 15) is 0 Å². The van der Waals surface area contributed by atoms with Gasteiger partial charge in [-0.25, -0.2) is 0 Å². The van der Waals surface area contributed by atoms with Crippen LogP contribution in [0.25, 0.3) is 0 Å². The molecule has 0 N–H and O–H groups in total. The van der Waals surface area contributed by atoms with Crippen molar-refractivity contribution in [1.82, 2.24) is 0 Å². The largest absolute Gasteiger partial charge is 0.408 e. The van der Waals surface area contributed by atoms with Crippen molar-refractivity contribution in [1.29, 1.82) is 0 Å². The topological polar surface area (TPSA) is 0 Å². The monoisotopic (exact) mass is 302 g/mol. The Labute approximate surface area is 103 Å². The number of rotatable bonds is 3. The standard InChI is InChI=1S/C6H4Br.C3H7.BrH.Mg/c7-6-4-2-1-3-5-6;1-3-2;;/h1-2,4-5H;1,3H2,2H3;1H;. The molecule has 0 aliphatic heterocycles. The second-order valence-corrected chi connectivity index (χ2v) is 5.67. The fraction of sp³-hybridized carbons (Fsp3) is 0.333. The van der Waals surface area contributed by atoms with Gasteiger partial charge in [-0.3, -0.25) is 0 Å². The lowest BCUT2D eigenvalue weighted by Crippen LogP contribution is -2.12. The van der Waals surface area contributed by atoms with Crippen LogP contribution < -0.4 is 3.69 Å². The molecule has 0 bridgehead atoms. The lowest BCUT2D eigenvalue weighted by Gasteiger charge is -1.97. The number of benzene rings is 1. The zero-order valence-corrected chi connectivity index (χ0v) is 11.9. The van der Waals surface area contributed by atoms with E-state index >= 15 is 0 Å². The molecule has 0 atom stereocenters. The summed E-state index contributed by atoms with van der Waals surface area (Å²) in [6.45, 7) is 2.25. The van der Waals surface area contributed by atoms with Crippen LogP contribution >= 0.6 is 32.9 Å². The predicted octanol–water partition coefficient (Wildman–Crippen LogP) is 3.18. The summed E-state index contributed by atoms with van der Waals surface area (Å²) in [6, 6.07) is 8.71. The smallest absolute Gasteiger partial charge is 0.173 e. The minimum absolute atomic E-state index is 0. The van der Waals surface area contributed by atoms with Gasteiger partial charge in [-0.15, -0.1) is 21.5 Å². The average molecular weight is 304 g/mol. The highest BCUT2D eigenvalue weighted by Crippen LogP contribution is 2.05. The van der Waals surface area contributed by atoms with Crippen molar-refractivity contribution in [3.8, 4) is 0 Å². The summed E-state index contributed by atoms with van der Waals surface area (Å²) in [6.07, 6.45) is 1.33. The molecule has 0 radical (unpaired) electrons. The van der Waals surface area contributed by atoms with E-state index in [1.165, 1.54) is 15.4 Å². The van der Waals surface area contributed by atoms with Crippen LogP contribution in [-0.2, 0) is 0 Å². The number of hydrogen-bond donors (Lipinski definition) is 0. The molecule has 0 aromatic heterocycles. The molecule has 0 aliphatic rings. The molecular weight excluding hydrogens is 292 g/mol. The zero-order valence-electron chi connectivity index (χ0n) is 7.22. The van der Waals surface area contributed by atoms with Gasteiger partial charge in [0, 0.05) is 4.47 Å². The van der Waals surface area contributed by atoms with Crippen LogP contribution in [0.4, 0.5) is 0 Å². The van der Waals surface area contributed by atoms with Crippen LogP contribution in [0, 0.1) is 0 Å². The molecule has 0 saturated heterocycles. The quantitative estimate of drug-likeness (QED) is 0.752. The zero-order chi connectivity index (χ0) is 8.10. The molecule has 0 heterocycles. The molecule has 0 saturated carbocycles. The van der Waals surface area contributed by atoms with E-state index in [1.807, 2.05) is 0 Å². The van der Waals surface area contributed by atoms with Crippen molar-refractivity contribution in [2.45, 2.75) is 17.9 Å². The fourth-order valence-corrected chi connectivity index (χ4v) is 3.25. The Morgan fingerprint density at radius 1 is 1.42 bits per heavy atom. The lowest BCUT2D eigenvalue weighted by atomic mass is 10.4. The van der Waals surface area contributed by atoms with E-state index in [1.54, 1.807) is 3.69 Å². The van der Waals surface area contributed by atoms with Gasteiger partial charge in [0.05, 0.1) is 0 Å². The third kappa shape index (κ3) is 4.85. The number of halogens is 2. The molecule has 0 spiro atoms. The third-order valence-corrected chi connectivity index (χ3v) is 4.28. The van der Waals surface area contributed by atoms with E-state index in [4.69, 9.17) is 0 Å². The highest BCUT2D eigenvalue weighted by molar-refractivity contribution is 9.10. The van der Waals surface area contributed by atoms with Crippen molar-refractivity contribution < 1.29 is 0 Å². The summed E-state index contributed by atoms with van der Waals surface area (Å²) in [7, 11) is 0. The molecule has 3 heteroatoms. The second-order valence-electron chi connectivity index (χ2n) is 2.73. The highest BCUT2D eigenvalue weighted by Gasteiger charge is 1.96. The second kappa shape index (κ2) is 7.36. The van der Waals surface area contributed by atoms with Gasteiger partial charge in [0.2, 0.25) is 0 Å². The lowest BCUT2D eigenvalue weighted by molar-refractivity contribution is 1.08. The Balaban J connectivity index is 0.00000121. The summed E-state index contributed by atoms with van der Waals surface area (Å²) >= 11 is 3.51. The van der Waals surface area contributed by atoms with Crippen LogP contribution in [0.3, 0.4) is 0 Å². The summed E-state index contributed by atoms with van der Waals surface area (Å²) in [5.41, 5.74) is 0. The molecule has 0 amide bonds. The summed E-state index contributed by atoms with van der Waals surface area (Å²) in [4.78, 5) is 0. The maximum atomic E-state index is 3.48. The summed E-state index contributed by atoms with van der Waals surface area (Å²) in [5, 5.41) is 0. The van der Waals surface area contributed by atoms with E-state index in [0.717, 1.165) is 0 Å². The molecule has 12 heavy (non-hydrogen) atoms. The molecular formula is C9H12Br2Mg. The van der Waals surface area contributed by atoms with Crippen molar-refractivity contribution in [2.24, 2.45) is 0 Å². The van der Waals surface area contributed by atoms with E-state index in [0.29, 0.717) is 0 Å². The van der Waals surface area contributed by atoms with Crippen molar-refractivity contribution in [2.75, 3.05) is 0 Å². The van der Waals surface area contributed by atoms with E-state index < -0.39 is 0 Å². The van der Waals surface area contributed by atoms with Gasteiger partial charge in [0.1, 0.15) is 0 Å². The molecule has 1 rings (SSSR count). The highest BCUT2D eigenvalue weighted by atomic mass is 79.9. The first-order valence-corrected chi connectivity index (χ1v) is 6.57. The first kappa shape index (κ1) is 12.9. The Hall–Kier alpha value is 0.946. The third-order valence-electron chi connectivity index (χ3n) is 1.71. The van der Waals surface area contributed by atoms with Gasteiger partial charge in [0.25, 0.3) is 0 Å². The van der Waals surface area contributed by atoms with Crippen LogP contribution in [-0.4, -0.2) is 20.4 Å². The molecule has 1 aromatic rings. The fourth-order valence-electron chi connectivity index (χ4n) is 1.07. The molecule has 1 aromatic carbocycles. The van der Waals surface area contributed by atoms with E-state index in [-0.39, 0.29) is 37.3 Å². The molecule has 0 aliphatic carbocycles. The maximum absolute atomic E-state index is 3.48. The van der Waals surface area contributed by atoms with Crippen LogP contribution in [0.2, 0.25) is 4.55 Å². The van der Waals surface area contributed by atoms with Gasteiger partial charge in [-0.2, -0.15) is 3.69 Å². The minimum atomic E-state index is 0. The van der Waals surface area contributed by atoms with E-state index in [2.05, 4.69) is 47.1 Å². The Morgan fingerprint density at radius 3 is 2.75 bits per heavy atom. The van der Waals surface area contributed by atoms with Crippen LogP contribution in [0.5, 0.6) is 0 Å². The van der Waals surface area contributed by atoms with Crippen molar-refractivity contribution in [3.63, 3.8) is 0 Å². The molecule has 0 unspecified atom stereocenters. The SMILES string of the molecule is Br.CC[CH2][Mg][c]1cccc(Br)c1. The summed E-state index contributed by atoms with van der Waals surface area (Å²) < 4.78 is 4.22. The molecule has 64 valence electrons. The van der Waals surface area contributed by atoms with Crippen molar-refractivity contribution in [3.05, 3.63) is 28.7 Å². The van der Waals surface area contributed by atoms with Gasteiger partial charge < -0.3 is 0 Å². The Bertz CT molecular complexity index is 226. The molecule has 0 nitrogen and oxygen atoms in total. The Kier molecular flexibility index (Phi) is 7.94. The van der Waals surface area contributed by atoms with Gasteiger partial charge in [-0.05, 0) is 6.07 Å². The maximum Gasteiger partial charge on any atom is 0.408 e. The van der Waals surface area contributed by atoms with Gasteiger partial charge in [-0.1, -0.05) is 47.5 Å². The normalized spacial score (nSPS) is 8.50. The number of hydrogen-bond acceptors (Lipinski definition) is 0. The Morgan fingerprint density at radius 2 is 2.17 bits per heavy atom. The van der Waals surface area contributed by atoms with Gasteiger partial charge >= 0.3 is 20.4 Å². The van der Waals surface area contributed by atoms with Crippen molar-refractivity contribution >= 4 is 57.0 Å². The van der Waals surface area contributed by atoms with Crippen LogP contribution in [0.1, 0.15) is 13.3 Å². The first-order chi connectivity index (χ1) is 5.33. The summed E-state index contributed by atoms with van der Waals surface area (Å²) in [5.74, 6) is 0. The molecule has 0 fully saturated rings. The first-order valence-electron chi connectivity index (χ1n) is 4.07. The average Bonchev–Trinajstić information content (AvgIpc) is 2.01. The predicted molar refractivity (Wildman–Crippen MR) is 65.0 cm³/mol.